The molecule has 25 heavy (non-hydrogen) atoms. The van der Waals surface area contributed by atoms with E-state index in [0.717, 1.165) is 17.6 Å². The highest BCUT2D eigenvalue weighted by atomic mass is 35.5. The minimum atomic E-state index is -3.49. The Morgan fingerprint density at radius 3 is 2.44 bits per heavy atom. The molecule has 0 aromatic heterocycles. The van der Waals surface area contributed by atoms with Gasteiger partial charge in [-0.2, -0.15) is 0 Å². The topological polar surface area (TPSA) is 75.7 Å². The Hall–Kier alpha value is -1.31. The summed E-state index contributed by atoms with van der Waals surface area (Å²) >= 11 is 0. The summed E-state index contributed by atoms with van der Waals surface area (Å²) in [7, 11) is -1.85. The third-order valence-corrected chi connectivity index (χ3v) is 6.64. The van der Waals surface area contributed by atoms with Gasteiger partial charge in [0.15, 0.2) is 14.6 Å². The van der Waals surface area contributed by atoms with Crippen LogP contribution in [0.5, 0.6) is 5.75 Å². The summed E-state index contributed by atoms with van der Waals surface area (Å²) in [6.45, 7) is 3.69. The van der Waals surface area contributed by atoms with Gasteiger partial charge in [0, 0.05) is 13.3 Å². The first kappa shape index (κ1) is 21.7. The van der Waals surface area contributed by atoms with Gasteiger partial charge in [0.25, 0.3) is 0 Å². The molecular formula is C17H27ClN2O4S. The smallest absolute Gasteiger partial charge is 0.243 e. The number of likely N-dealkylation sites (N-methyl/N-ethyl adjacent to an activating group) is 1. The summed E-state index contributed by atoms with van der Waals surface area (Å²) < 4.78 is 29.0. The van der Waals surface area contributed by atoms with Gasteiger partial charge >= 0.3 is 0 Å². The molecule has 1 N–H and O–H groups in total. The van der Waals surface area contributed by atoms with E-state index in [1.165, 1.54) is 4.90 Å². The van der Waals surface area contributed by atoms with Crippen LogP contribution in [0.15, 0.2) is 24.3 Å². The Bertz CT molecular complexity index is 688. The van der Waals surface area contributed by atoms with Gasteiger partial charge in [-0.05, 0) is 44.5 Å². The van der Waals surface area contributed by atoms with Crippen LogP contribution >= 0.6 is 12.4 Å². The van der Waals surface area contributed by atoms with Gasteiger partial charge in [-0.15, -0.1) is 12.4 Å². The number of carbonyl (C=O) groups excluding carboxylic acids is 1. The summed E-state index contributed by atoms with van der Waals surface area (Å²) in [6, 6.07) is 7.66. The van der Waals surface area contributed by atoms with Crippen molar-refractivity contribution in [2.24, 2.45) is 0 Å². The number of piperidine rings is 1. The standard InChI is InChI=1S/C17H26N2O4S.ClH/c1-14-6-4-5-7-15(14)23-13-12-19(2)16(20)17(24(3,21)22)8-10-18-11-9-17;/h4-7,18H,8-13H2,1-3H3;1H. The second kappa shape index (κ2) is 8.87. The van der Waals surface area contributed by atoms with Crippen LogP contribution < -0.4 is 10.1 Å². The first-order valence-electron chi connectivity index (χ1n) is 8.12. The van der Waals surface area contributed by atoms with Crippen molar-refractivity contribution < 1.29 is 17.9 Å². The van der Waals surface area contributed by atoms with Crippen LogP contribution in [0.25, 0.3) is 0 Å². The van der Waals surface area contributed by atoms with Crippen molar-refractivity contribution in [1.29, 1.82) is 0 Å². The first-order valence-corrected chi connectivity index (χ1v) is 10.0. The lowest BCUT2D eigenvalue weighted by molar-refractivity contribution is -0.133. The van der Waals surface area contributed by atoms with Crippen molar-refractivity contribution in [3.8, 4) is 5.75 Å². The molecule has 0 unspecified atom stereocenters. The van der Waals surface area contributed by atoms with E-state index in [1.54, 1.807) is 7.05 Å². The average Bonchev–Trinajstić information content (AvgIpc) is 2.55. The number of hydrogen-bond donors (Lipinski definition) is 1. The summed E-state index contributed by atoms with van der Waals surface area (Å²) in [5.41, 5.74) is 1.03. The highest BCUT2D eigenvalue weighted by Crippen LogP contribution is 2.29. The molecule has 2 rings (SSSR count). The van der Waals surface area contributed by atoms with Gasteiger partial charge in [0.05, 0.1) is 6.54 Å². The molecule has 0 bridgehead atoms. The number of nitrogens with one attached hydrogen (secondary N) is 1. The number of para-hydroxylation sites is 1. The molecule has 6 nitrogen and oxygen atoms in total. The second-order valence-corrected chi connectivity index (χ2v) is 8.68. The average molecular weight is 391 g/mol. The molecule has 1 aliphatic heterocycles. The number of rotatable bonds is 6. The largest absolute Gasteiger partial charge is 0.491 e. The zero-order valence-electron chi connectivity index (χ0n) is 14.9. The Labute approximate surface area is 156 Å². The Kier molecular flexibility index (Phi) is 7.71. The van der Waals surface area contributed by atoms with E-state index < -0.39 is 14.6 Å². The lowest BCUT2D eigenvalue weighted by Gasteiger charge is -2.37. The summed E-state index contributed by atoms with van der Waals surface area (Å²) in [5, 5.41) is 3.12. The van der Waals surface area contributed by atoms with Crippen molar-refractivity contribution >= 4 is 28.2 Å². The minimum absolute atomic E-state index is 0. The third-order valence-electron chi connectivity index (χ3n) is 4.64. The van der Waals surface area contributed by atoms with Crippen molar-refractivity contribution in [3.05, 3.63) is 29.8 Å². The van der Waals surface area contributed by atoms with E-state index >= 15 is 0 Å². The number of nitrogens with zero attached hydrogens (tertiary/aromatic N) is 1. The molecule has 0 radical (unpaired) electrons. The molecular weight excluding hydrogens is 364 g/mol. The minimum Gasteiger partial charge on any atom is -0.491 e. The van der Waals surface area contributed by atoms with Crippen LogP contribution in [-0.4, -0.2) is 63.5 Å². The first-order chi connectivity index (χ1) is 11.3. The Balaban J connectivity index is 0.00000312. The summed E-state index contributed by atoms with van der Waals surface area (Å²) in [4.78, 5) is 14.3. The van der Waals surface area contributed by atoms with Crippen LogP contribution in [-0.2, 0) is 14.6 Å². The van der Waals surface area contributed by atoms with Crippen molar-refractivity contribution in [3.63, 3.8) is 0 Å². The molecule has 8 heteroatoms. The molecule has 1 heterocycles. The highest BCUT2D eigenvalue weighted by molar-refractivity contribution is 7.92. The van der Waals surface area contributed by atoms with E-state index in [9.17, 15) is 13.2 Å². The maximum Gasteiger partial charge on any atom is 0.243 e. The van der Waals surface area contributed by atoms with Crippen molar-refractivity contribution in [2.45, 2.75) is 24.5 Å². The number of amides is 1. The zero-order chi connectivity index (χ0) is 17.8. The fourth-order valence-corrected chi connectivity index (χ4v) is 4.45. The van der Waals surface area contributed by atoms with Gasteiger partial charge in [-0.25, -0.2) is 8.42 Å². The van der Waals surface area contributed by atoms with Crippen molar-refractivity contribution in [1.82, 2.24) is 10.2 Å². The number of benzene rings is 1. The molecule has 0 aliphatic carbocycles. The summed E-state index contributed by atoms with van der Waals surface area (Å²) in [5.74, 6) is 0.443. The van der Waals surface area contributed by atoms with Crippen LogP contribution in [0, 0.1) is 6.92 Å². The van der Waals surface area contributed by atoms with E-state index in [2.05, 4.69) is 5.32 Å². The molecule has 1 saturated heterocycles. The van der Waals surface area contributed by atoms with Gasteiger partial charge in [-0.3, -0.25) is 4.79 Å². The molecule has 0 saturated carbocycles. The fraction of sp³-hybridized carbons (Fsp3) is 0.588. The SMILES string of the molecule is Cc1ccccc1OCCN(C)C(=O)C1(S(C)(=O)=O)CCNCC1.Cl. The molecule has 0 atom stereocenters. The van der Waals surface area contributed by atoms with Crippen LogP contribution in [0.1, 0.15) is 18.4 Å². The number of aryl methyl sites for hydroxylation is 1. The Morgan fingerprint density at radius 2 is 1.88 bits per heavy atom. The lowest BCUT2D eigenvalue weighted by Crippen LogP contribution is -2.57. The number of halogens is 1. The highest BCUT2D eigenvalue weighted by Gasteiger charge is 2.49. The number of sulfone groups is 1. The molecule has 1 aromatic rings. The lowest BCUT2D eigenvalue weighted by atomic mass is 9.95. The maximum absolute atomic E-state index is 12.8. The van der Waals surface area contributed by atoms with Gasteiger partial charge < -0.3 is 15.0 Å². The normalized spacial score (nSPS) is 16.6. The van der Waals surface area contributed by atoms with Gasteiger partial charge in [-0.1, -0.05) is 18.2 Å². The number of hydrogen-bond acceptors (Lipinski definition) is 5. The zero-order valence-corrected chi connectivity index (χ0v) is 16.6. The van der Waals surface area contributed by atoms with Crippen LogP contribution in [0.2, 0.25) is 0 Å². The van der Waals surface area contributed by atoms with E-state index in [-0.39, 0.29) is 18.3 Å². The molecule has 1 aromatic carbocycles. The third kappa shape index (κ3) is 4.86. The Morgan fingerprint density at radius 1 is 1.28 bits per heavy atom. The predicted molar refractivity (Wildman–Crippen MR) is 101 cm³/mol. The van der Waals surface area contributed by atoms with Crippen LogP contribution in [0.3, 0.4) is 0 Å². The fourth-order valence-electron chi connectivity index (χ4n) is 3.03. The van der Waals surface area contributed by atoms with E-state index in [4.69, 9.17) is 4.74 Å². The molecule has 1 aliphatic rings. The summed E-state index contributed by atoms with van der Waals surface area (Å²) in [6.07, 6.45) is 1.79. The number of carbonyl (C=O) groups is 1. The van der Waals surface area contributed by atoms with Crippen LogP contribution in [0.4, 0.5) is 0 Å². The molecule has 1 amide bonds. The second-order valence-electron chi connectivity index (χ2n) is 6.36. The van der Waals surface area contributed by atoms with Gasteiger partial charge in [0.2, 0.25) is 5.91 Å². The molecule has 142 valence electrons. The quantitative estimate of drug-likeness (QED) is 0.795. The number of ether oxygens (including phenoxy) is 1. The molecule has 0 spiro atoms. The van der Waals surface area contributed by atoms with E-state index in [0.29, 0.717) is 39.1 Å². The monoisotopic (exact) mass is 390 g/mol. The van der Waals surface area contributed by atoms with E-state index in [1.807, 2.05) is 31.2 Å². The predicted octanol–water partition coefficient (Wildman–Crippen LogP) is 1.42. The van der Waals surface area contributed by atoms with Gasteiger partial charge in [0.1, 0.15) is 12.4 Å². The van der Waals surface area contributed by atoms with Crippen molar-refractivity contribution in [2.75, 3.05) is 39.5 Å². The molecule has 1 fully saturated rings. The maximum atomic E-state index is 12.8.